The largest absolute Gasteiger partial charge is 0.324 e. The summed E-state index contributed by atoms with van der Waals surface area (Å²) in [5, 5.41) is 16.7. The van der Waals surface area contributed by atoms with E-state index in [0.29, 0.717) is 11.4 Å². The third-order valence-corrected chi connectivity index (χ3v) is 11.5. The number of benzene rings is 7. The molecule has 9 aromatic rings. The molecule has 3 heterocycles. The van der Waals surface area contributed by atoms with Gasteiger partial charge in [0.05, 0.1) is 33.9 Å². The van der Waals surface area contributed by atoms with Crippen LogP contribution in [0.2, 0.25) is 0 Å². The average molecular weight is 745 g/mol. The fourth-order valence-electron chi connectivity index (χ4n) is 8.77. The molecule has 1 unspecified atom stereocenters. The third-order valence-electron chi connectivity index (χ3n) is 11.5. The Morgan fingerprint density at radius 1 is 0.552 bits per heavy atom. The number of rotatable bonds is 6. The summed E-state index contributed by atoms with van der Waals surface area (Å²) in [6.07, 6.45) is 6.12. The van der Waals surface area contributed by atoms with Gasteiger partial charge in [0.1, 0.15) is 11.7 Å². The highest BCUT2D eigenvalue weighted by Crippen LogP contribution is 2.40. The molecule has 0 fully saturated rings. The zero-order chi connectivity index (χ0) is 38.6. The summed E-state index contributed by atoms with van der Waals surface area (Å²) >= 11 is 0. The van der Waals surface area contributed by atoms with Gasteiger partial charge < -0.3 is 14.5 Å². The van der Waals surface area contributed by atoms with Crippen molar-refractivity contribution < 1.29 is 0 Å². The minimum absolute atomic E-state index is 0.542. The molecule has 0 saturated carbocycles. The number of aliphatic imine (C=N–C) groups is 2. The number of allylic oxidation sites excluding steroid dienone is 1. The molecule has 0 bridgehead atoms. The first kappa shape index (κ1) is 33.6. The van der Waals surface area contributed by atoms with Crippen LogP contribution in [-0.2, 0) is 6.42 Å². The Balaban J connectivity index is 1.13. The SMILES string of the molecule is N#Cc1ccc(C2=NC(c3ccccc3-n3c4ccccc4c4ccc(-n5c6c(c7ccc(-c8ccccc8)cc75)CCC=C6)cc43)N=C(c3ccccc3)N2)cc1. The van der Waals surface area contributed by atoms with Crippen molar-refractivity contribution in [3.63, 3.8) is 0 Å². The van der Waals surface area contributed by atoms with Crippen LogP contribution in [0.3, 0.4) is 0 Å². The normalized spacial score (nSPS) is 14.8. The summed E-state index contributed by atoms with van der Waals surface area (Å²) in [5.74, 6) is 1.45. The summed E-state index contributed by atoms with van der Waals surface area (Å²) in [6.45, 7) is 0. The summed E-state index contributed by atoms with van der Waals surface area (Å²) in [5.41, 5.74) is 14.1. The number of para-hydroxylation sites is 2. The van der Waals surface area contributed by atoms with Crippen LogP contribution in [0.5, 0.6) is 0 Å². The van der Waals surface area contributed by atoms with Gasteiger partial charge in [0.25, 0.3) is 0 Å². The van der Waals surface area contributed by atoms with Gasteiger partial charge in [0.2, 0.25) is 0 Å². The van der Waals surface area contributed by atoms with Gasteiger partial charge in [0, 0.05) is 44.2 Å². The van der Waals surface area contributed by atoms with E-state index in [0.717, 1.165) is 57.8 Å². The first-order valence-corrected chi connectivity index (χ1v) is 19.7. The van der Waals surface area contributed by atoms with E-state index in [4.69, 9.17) is 9.98 Å². The molecule has 2 aliphatic rings. The van der Waals surface area contributed by atoms with Gasteiger partial charge in [-0.3, -0.25) is 0 Å². The zero-order valence-corrected chi connectivity index (χ0v) is 31.5. The Morgan fingerprint density at radius 2 is 1.19 bits per heavy atom. The predicted octanol–water partition coefficient (Wildman–Crippen LogP) is 11.7. The maximum Gasteiger partial charge on any atom is 0.171 e. The molecule has 1 N–H and O–H groups in total. The minimum Gasteiger partial charge on any atom is -0.324 e. The molecule has 1 aliphatic carbocycles. The molecule has 7 aromatic carbocycles. The van der Waals surface area contributed by atoms with Crippen molar-refractivity contribution in [3.8, 4) is 28.6 Å². The third kappa shape index (κ3) is 5.56. The van der Waals surface area contributed by atoms with Crippen molar-refractivity contribution in [1.82, 2.24) is 14.5 Å². The molecule has 274 valence electrons. The number of hydrogen-bond acceptors (Lipinski definition) is 4. The van der Waals surface area contributed by atoms with Gasteiger partial charge in [-0.1, -0.05) is 121 Å². The number of hydrogen-bond donors (Lipinski definition) is 1. The van der Waals surface area contributed by atoms with Crippen molar-refractivity contribution in [3.05, 3.63) is 209 Å². The van der Waals surface area contributed by atoms with Crippen molar-refractivity contribution in [1.29, 1.82) is 5.26 Å². The molecule has 6 nitrogen and oxygen atoms in total. The Kier molecular flexibility index (Phi) is 7.97. The smallest absolute Gasteiger partial charge is 0.171 e. The van der Waals surface area contributed by atoms with Crippen molar-refractivity contribution >= 4 is 50.5 Å². The topological polar surface area (TPSA) is 70.4 Å². The molecule has 11 rings (SSSR count). The molecule has 0 radical (unpaired) electrons. The van der Waals surface area contributed by atoms with E-state index in [2.05, 4.69) is 160 Å². The van der Waals surface area contributed by atoms with Gasteiger partial charge in [-0.25, -0.2) is 9.98 Å². The second kappa shape index (κ2) is 13.8. The van der Waals surface area contributed by atoms with Crippen LogP contribution >= 0.6 is 0 Å². The lowest BCUT2D eigenvalue weighted by Gasteiger charge is -2.24. The quantitative estimate of drug-likeness (QED) is 0.184. The zero-order valence-electron chi connectivity index (χ0n) is 31.5. The minimum atomic E-state index is -0.542. The molecule has 58 heavy (non-hydrogen) atoms. The Morgan fingerprint density at radius 3 is 1.98 bits per heavy atom. The lowest BCUT2D eigenvalue weighted by molar-refractivity contribution is 0.750. The Labute approximate surface area is 336 Å². The standard InChI is InChI=1S/C52H36N6/c53-33-34-23-25-37(26-24-34)51-54-50(36-15-5-2-6-16-36)55-52(56-51)44-19-9-12-22-47(44)58-46-21-11-8-18-41(46)43-30-28-39(32-49(43)58)57-45-20-10-7-17-40(45)42-29-27-38(31-48(42)57)35-13-3-1-4-14-35/h1-6,8-16,18-32,52H,7,17H2,(H,54,55,56). The highest BCUT2D eigenvalue weighted by atomic mass is 15.2. The lowest BCUT2D eigenvalue weighted by atomic mass is 9.99. The van der Waals surface area contributed by atoms with Crippen LogP contribution < -0.4 is 5.32 Å². The highest BCUT2D eigenvalue weighted by molar-refractivity contribution is 6.16. The molecule has 0 amide bonds. The van der Waals surface area contributed by atoms with E-state index in [9.17, 15) is 5.26 Å². The Hall–Kier alpha value is -7.75. The molecule has 0 saturated heterocycles. The van der Waals surface area contributed by atoms with Crippen molar-refractivity contribution in [2.75, 3.05) is 0 Å². The highest BCUT2D eigenvalue weighted by Gasteiger charge is 2.26. The number of fused-ring (bicyclic) bond motifs is 6. The van der Waals surface area contributed by atoms with E-state index in [1.807, 2.05) is 42.5 Å². The van der Waals surface area contributed by atoms with Crippen LogP contribution in [0.1, 0.15) is 46.1 Å². The number of aromatic nitrogens is 2. The molecule has 6 heteroatoms. The monoisotopic (exact) mass is 744 g/mol. The Bertz CT molecular complexity index is 3190. The number of nitrogens with one attached hydrogen (secondary N) is 1. The van der Waals surface area contributed by atoms with Gasteiger partial charge >= 0.3 is 0 Å². The summed E-state index contributed by atoms with van der Waals surface area (Å²) in [6, 6.07) is 61.6. The van der Waals surface area contributed by atoms with Crippen LogP contribution in [0.15, 0.2) is 186 Å². The second-order valence-corrected chi connectivity index (χ2v) is 14.9. The molecular weight excluding hydrogens is 709 g/mol. The summed E-state index contributed by atoms with van der Waals surface area (Å²) in [4.78, 5) is 10.5. The molecular formula is C52H36N6. The maximum atomic E-state index is 9.49. The van der Waals surface area contributed by atoms with E-state index in [1.165, 1.54) is 44.1 Å². The first-order chi connectivity index (χ1) is 28.7. The van der Waals surface area contributed by atoms with Crippen LogP contribution in [0.4, 0.5) is 0 Å². The average Bonchev–Trinajstić information content (AvgIpc) is 3.81. The van der Waals surface area contributed by atoms with Crippen LogP contribution in [-0.4, -0.2) is 20.8 Å². The number of nitriles is 1. The summed E-state index contributed by atoms with van der Waals surface area (Å²) < 4.78 is 4.85. The van der Waals surface area contributed by atoms with E-state index in [1.54, 1.807) is 0 Å². The number of amidine groups is 2. The van der Waals surface area contributed by atoms with E-state index >= 15 is 0 Å². The molecule has 2 aromatic heterocycles. The number of aryl methyl sites for hydroxylation is 1. The first-order valence-electron chi connectivity index (χ1n) is 19.7. The van der Waals surface area contributed by atoms with E-state index in [-0.39, 0.29) is 0 Å². The fraction of sp³-hybridized carbons (Fsp3) is 0.0577. The fourth-order valence-corrected chi connectivity index (χ4v) is 8.77. The van der Waals surface area contributed by atoms with Crippen molar-refractivity contribution in [2.24, 2.45) is 9.98 Å². The van der Waals surface area contributed by atoms with Crippen LogP contribution in [0.25, 0.3) is 61.3 Å². The molecule has 0 spiro atoms. The van der Waals surface area contributed by atoms with Gasteiger partial charge in [0.15, 0.2) is 6.17 Å². The van der Waals surface area contributed by atoms with Gasteiger partial charge in [-0.15, -0.1) is 0 Å². The predicted molar refractivity (Wildman–Crippen MR) is 237 cm³/mol. The van der Waals surface area contributed by atoms with Gasteiger partial charge in [-0.05, 0) is 90.2 Å². The van der Waals surface area contributed by atoms with E-state index < -0.39 is 6.17 Å². The van der Waals surface area contributed by atoms with Crippen molar-refractivity contribution in [2.45, 2.75) is 19.0 Å². The molecule has 1 atom stereocenters. The van der Waals surface area contributed by atoms with Gasteiger partial charge in [-0.2, -0.15) is 5.26 Å². The van der Waals surface area contributed by atoms with Crippen LogP contribution in [0, 0.1) is 11.3 Å². The molecule has 1 aliphatic heterocycles. The lowest BCUT2D eigenvalue weighted by Crippen LogP contribution is -2.36. The second-order valence-electron chi connectivity index (χ2n) is 14.9. The number of nitrogens with zero attached hydrogens (tertiary/aromatic N) is 5. The summed E-state index contributed by atoms with van der Waals surface area (Å²) in [7, 11) is 0. The maximum absolute atomic E-state index is 9.49.